The summed E-state index contributed by atoms with van der Waals surface area (Å²) in [5, 5.41) is 4.31. The number of anilines is 3. The number of nitrogens with one attached hydrogen (secondary N) is 1. The van der Waals surface area contributed by atoms with Crippen molar-refractivity contribution >= 4 is 51.7 Å². The summed E-state index contributed by atoms with van der Waals surface area (Å²) in [4.78, 5) is 12.9. The van der Waals surface area contributed by atoms with Crippen LogP contribution in [0.1, 0.15) is 0 Å². The predicted octanol–water partition coefficient (Wildman–Crippen LogP) is 4.45. The Morgan fingerprint density at radius 3 is 2.48 bits per heavy atom. The van der Waals surface area contributed by atoms with Gasteiger partial charge < -0.3 is 11.1 Å². The van der Waals surface area contributed by atoms with E-state index in [-0.39, 0.29) is 0 Å². The highest BCUT2D eigenvalue weighted by molar-refractivity contribution is 6.35. The van der Waals surface area contributed by atoms with Gasteiger partial charge in [-0.05, 0) is 30.3 Å². The number of nitrogens with zero attached hydrogens (tertiary/aromatic N) is 4. The zero-order chi connectivity index (χ0) is 17.4. The molecule has 0 bridgehead atoms. The smallest absolute Gasteiger partial charge is 0.214 e. The summed E-state index contributed by atoms with van der Waals surface area (Å²) in [5.41, 5.74) is 8.23. The van der Waals surface area contributed by atoms with Crippen LogP contribution in [0.2, 0.25) is 10.0 Å². The molecule has 0 spiro atoms. The zero-order valence-electron chi connectivity index (χ0n) is 12.8. The molecule has 0 radical (unpaired) electrons. The molecule has 0 aliphatic carbocycles. The lowest BCUT2D eigenvalue weighted by atomic mass is 10.3. The number of hydrogen-bond acceptors (Lipinski definition) is 5. The van der Waals surface area contributed by atoms with E-state index in [4.69, 9.17) is 28.9 Å². The van der Waals surface area contributed by atoms with Crippen LogP contribution in [-0.4, -0.2) is 19.5 Å². The van der Waals surface area contributed by atoms with Crippen LogP contribution in [-0.2, 0) is 0 Å². The van der Waals surface area contributed by atoms with Crippen molar-refractivity contribution < 1.29 is 0 Å². The van der Waals surface area contributed by atoms with E-state index in [0.29, 0.717) is 27.6 Å². The summed E-state index contributed by atoms with van der Waals surface area (Å²) in [6.07, 6.45) is 1.42. The van der Waals surface area contributed by atoms with Gasteiger partial charge in [0.2, 0.25) is 5.95 Å². The van der Waals surface area contributed by atoms with Crippen LogP contribution in [0.5, 0.6) is 0 Å². The standard InChI is InChI=1S/C17H12Cl2N6/c18-10-5-11(19)7-12(6-10)23-17-24-13-3-1-2-4-14(13)25(17)16-8-15(20)21-9-22-16/h1-9H,(H,23,24)(H2,20,21,22). The van der Waals surface area contributed by atoms with Crippen molar-refractivity contribution in [1.29, 1.82) is 0 Å². The number of aromatic nitrogens is 4. The highest BCUT2D eigenvalue weighted by Gasteiger charge is 2.14. The Bertz CT molecular complexity index is 1060. The molecule has 2 aromatic carbocycles. The molecule has 2 heterocycles. The van der Waals surface area contributed by atoms with E-state index in [0.717, 1.165) is 16.7 Å². The summed E-state index contributed by atoms with van der Waals surface area (Å²) in [5.74, 6) is 1.55. The first-order chi connectivity index (χ1) is 12.1. The number of nitrogens with two attached hydrogens (primary N) is 1. The number of halogens is 2. The van der Waals surface area contributed by atoms with Gasteiger partial charge in [0, 0.05) is 21.8 Å². The number of benzene rings is 2. The van der Waals surface area contributed by atoms with Gasteiger partial charge in [-0.15, -0.1) is 0 Å². The highest BCUT2D eigenvalue weighted by atomic mass is 35.5. The van der Waals surface area contributed by atoms with Gasteiger partial charge in [0.05, 0.1) is 11.0 Å². The largest absolute Gasteiger partial charge is 0.384 e. The first kappa shape index (κ1) is 15.7. The fourth-order valence-corrected chi connectivity index (χ4v) is 3.11. The number of hydrogen-bond donors (Lipinski definition) is 2. The molecule has 25 heavy (non-hydrogen) atoms. The minimum atomic E-state index is 0.375. The summed E-state index contributed by atoms with van der Waals surface area (Å²) in [7, 11) is 0. The Hall–Kier alpha value is -2.83. The Balaban J connectivity index is 1.90. The molecule has 2 aromatic heterocycles. The van der Waals surface area contributed by atoms with Crippen molar-refractivity contribution in [3.63, 3.8) is 0 Å². The van der Waals surface area contributed by atoms with Gasteiger partial charge in [-0.3, -0.25) is 4.57 Å². The summed E-state index contributed by atoms with van der Waals surface area (Å²) in [6.45, 7) is 0. The number of para-hydroxylation sites is 2. The van der Waals surface area contributed by atoms with Gasteiger partial charge in [0.15, 0.2) is 0 Å². The van der Waals surface area contributed by atoms with Gasteiger partial charge >= 0.3 is 0 Å². The minimum absolute atomic E-state index is 0.375. The van der Waals surface area contributed by atoms with Gasteiger partial charge in [0.1, 0.15) is 18.0 Å². The third-order valence-corrected chi connectivity index (χ3v) is 4.02. The molecule has 0 aliphatic rings. The van der Waals surface area contributed by atoms with Crippen LogP contribution in [0.4, 0.5) is 17.5 Å². The van der Waals surface area contributed by atoms with Gasteiger partial charge in [-0.2, -0.15) is 0 Å². The van der Waals surface area contributed by atoms with E-state index in [1.807, 2.05) is 28.8 Å². The third-order valence-electron chi connectivity index (χ3n) is 3.58. The van der Waals surface area contributed by atoms with Crippen LogP contribution < -0.4 is 11.1 Å². The van der Waals surface area contributed by atoms with E-state index >= 15 is 0 Å². The molecule has 0 fully saturated rings. The average molecular weight is 371 g/mol. The Kier molecular flexibility index (Phi) is 3.91. The molecule has 8 heteroatoms. The van der Waals surface area contributed by atoms with E-state index in [9.17, 15) is 0 Å². The second-order valence-electron chi connectivity index (χ2n) is 5.34. The van der Waals surface area contributed by atoms with Gasteiger partial charge in [-0.1, -0.05) is 35.3 Å². The summed E-state index contributed by atoms with van der Waals surface area (Å²) >= 11 is 12.2. The zero-order valence-corrected chi connectivity index (χ0v) is 14.3. The van der Waals surface area contributed by atoms with Crippen LogP contribution in [0.3, 0.4) is 0 Å². The van der Waals surface area contributed by atoms with Crippen LogP contribution in [0.15, 0.2) is 54.9 Å². The molecular formula is C17H12Cl2N6. The fraction of sp³-hybridized carbons (Fsp3) is 0. The van der Waals surface area contributed by atoms with Crippen molar-refractivity contribution in [2.75, 3.05) is 11.1 Å². The molecular weight excluding hydrogens is 359 g/mol. The topological polar surface area (TPSA) is 81.6 Å². The lowest BCUT2D eigenvalue weighted by Gasteiger charge is -2.11. The number of rotatable bonds is 3. The van der Waals surface area contributed by atoms with E-state index in [1.54, 1.807) is 24.3 Å². The molecule has 3 N–H and O–H groups in total. The lowest BCUT2D eigenvalue weighted by Crippen LogP contribution is -2.05. The van der Waals surface area contributed by atoms with E-state index in [1.165, 1.54) is 6.33 Å². The van der Waals surface area contributed by atoms with Crippen molar-refractivity contribution in [1.82, 2.24) is 19.5 Å². The third kappa shape index (κ3) is 3.09. The average Bonchev–Trinajstić information content (AvgIpc) is 2.91. The van der Waals surface area contributed by atoms with Crippen LogP contribution in [0, 0.1) is 0 Å². The highest BCUT2D eigenvalue weighted by Crippen LogP contribution is 2.29. The Morgan fingerprint density at radius 1 is 0.960 bits per heavy atom. The Morgan fingerprint density at radius 2 is 1.72 bits per heavy atom. The molecule has 0 aliphatic heterocycles. The second-order valence-corrected chi connectivity index (χ2v) is 6.22. The Labute approximate surface area is 153 Å². The van der Waals surface area contributed by atoms with Gasteiger partial charge in [0.25, 0.3) is 0 Å². The van der Waals surface area contributed by atoms with Crippen LogP contribution in [0.25, 0.3) is 16.9 Å². The maximum Gasteiger partial charge on any atom is 0.214 e. The first-order valence-electron chi connectivity index (χ1n) is 7.39. The summed E-state index contributed by atoms with van der Waals surface area (Å²) < 4.78 is 1.86. The summed E-state index contributed by atoms with van der Waals surface area (Å²) in [6, 6.07) is 14.6. The van der Waals surface area contributed by atoms with Gasteiger partial charge in [-0.25, -0.2) is 15.0 Å². The molecule has 0 amide bonds. The van der Waals surface area contributed by atoms with Crippen molar-refractivity contribution in [3.05, 3.63) is 64.9 Å². The molecule has 124 valence electrons. The molecule has 4 rings (SSSR count). The lowest BCUT2D eigenvalue weighted by molar-refractivity contribution is 1.00. The number of nitrogen functional groups attached to an aromatic ring is 1. The minimum Gasteiger partial charge on any atom is -0.384 e. The van der Waals surface area contributed by atoms with E-state index < -0.39 is 0 Å². The molecule has 0 unspecified atom stereocenters. The fourth-order valence-electron chi connectivity index (χ4n) is 2.58. The quantitative estimate of drug-likeness (QED) is 0.556. The SMILES string of the molecule is Nc1cc(-n2c(Nc3cc(Cl)cc(Cl)c3)nc3ccccc32)ncn1. The molecule has 4 aromatic rings. The van der Waals surface area contributed by atoms with Crippen LogP contribution >= 0.6 is 23.2 Å². The normalized spacial score (nSPS) is 11.0. The predicted molar refractivity (Wildman–Crippen MR) is 101 cm³/mol. The van der Waals surface area contributed by atoms with Crippen molar-refractivity contribution in [3.8, 4) is 5.82 Å². The molecule has 0 saturated carbocycles. The monoisotopic (exact) mass is 370 g/mol. The second kappa shape index (κ2) is 6.23. The van der Waals surface area contributed by atoms with E-state index in [2.05, 4.69) is 20.3 Å². The molecule has 0 saturated heterocycles. The maximum absolute atomic E-state index is 6.08. The number of fused-ring (bicyclic) bond motifs is 1. The molecule has 0 atom stereocenters. The van der Waals surface area contributed by atoms with Crippen molar-refractivity contribution in [2.24, 2.45) is 0 Å². The maximum atomic E-state index is 6.08. The first-order valence-corrected chi connectivity index (χ1v) is 8.14. The molecule has 6 nitrogen and oxygen atoms in total. The van der Waals surface area contributed by atoms with Crippen molar-refractivity contribution in [2.45, 2.75) is 0 Å². The number of imidazole rings is 1.